The van der Waals surface area contributed by atoms with Gasteiger partial charge in [-0.15, -0.1) is 0 Å². The third-order valence-electron chi connectivity index (χ3n) is 4.30. The molecule has 0 aliphatic carbocycles. The van der Waals surface area contributed by atoms with Crippen LogP contribution >= 0.6 is 0 Å². The summed E-state index contributed by atoms with van der Waals surface area (Å²) in [7, 11) is 1.94. The van der Waals surface area contributed by atoms with Crippen LogP contribution in [0.2, 0.25) is 0 Å². The van der Waals surface area contributed by atoms with Crippen molar-refractivity contribution in [3.63, 3.8) is 0 Å². The maximum atomic E-state index is 12.5. The summed E-state index contributed by atoms with van der Waals surface area (Å²) in [6.45, 7) is 3.90. The molecule has 6 nitrogen and oxygen atoms in total. The van der Waals surface area contributed by atoms with E-state index in [4.69, 9.17) is 5.11 Å². The molecular weight excluding hydrogens is 258 g/mol. The van der Waals surface area contributed by atoms with E-state index < -0.39 is 5.97 Å². The Labute approximate surface area is 120 Å². The molecule has 2 fully saturated rings. The van der Waals surface area contributed by atoms with Gasteiger partial charge in [0.25, 0.3) is 0 Å². The van der Waals surface area contributed by atoms with Crippen molar-refractivity contribution < 1.29 is 14.7 Å². The summed E-state index contributed by atoms with van der Waals surface area (Å²) in [6.07, 6.45) is 3.22. The summed E-state index contributed by atoms with van der Waals surface area (Å²) in [6, 6.07) is 0.0960. The summed E-state index contributed by atoms with van der Waals surface area (Å²) in [4.78, 5) is 27.0. The van der Waals surface area contributed by atoms with Crippen LogP contribution in [0.4, 0.5) is 4.79 Å². The van der Waals surface area contributed by atoms with Crippen LogP contribution in [0, 0.1) is 11.8 Å². The van der Waals surface area contributed by atoms with Gasteiger partial charge in [0.1, 0.15) is 0 Å². The lowest BCUT2D eigenvalue weighted by Gasteiger charge is -2.35. The van der Waals surface area contributed by atoms with Crippen molar-refractivity contribution >= 4 is 12.0 Å². The molecule has 2 rings (SSSR count). The van der Waals surface area contributed by atoms with E-state index in [1.54, 1.807) is 0 Å². The maximum absolute atomic E-state index is 12.5. The lowest BCUT2D eigenvalue weighted by molar-refractivity contribution is -0.138. The van der Waals surface area contributed by atoms with E-state index in [0.717, 1.165) is 32.5 Å². The second-order valence-electron chi connectivity index (χ2n) is 5.99. The zero-order valence-corrected chi connectivity index (χ0v) is 12.2. The van der Waals surface area contributed by atoms with Gasteiger partial charge < -0.3 is 20.2 Å². The van der Waals surface area contributed by atoms with Gasteiger partial charge in [-0.3, -0.25) is 4.79 Å². The van der Waals surface area contributed by atoms with E-state index in [2.05, 4.69) is 5.32 Å². The summed E-state index contributed by atoms with van der Waals surface area (Å²) in [5, 5.41) is 12.0. The van der Waals surface area contributed by atoms with Crippen LogP contribution < -0.4 is 5.32 Å². The molecule has 114 valence electrons. The normalized spacial score (nSPS) is 26.9. The Balaban J connectivity index is 1.83. The van der Waals surface area contributed by atoms with Crippen LogP contribution in [0.15, 0.2) is 0 Å². The molecule has 2 aliphatic heterocycles. The van der Waals surface area contributed by atoms with Crippen LogP contribution in [0.1, 0.15) is 25.7 Å². The van der Waals surface area contributed by atoms with Crippen molar-refractivity contribution in [1.82, 2.24) is 15.1 Å². The summed E-state index contributed by atoms with van der Waals surface area (Å²) in [5.74, 6) is -0.110. The molecule has 0 aromatic carbocycles. The van der Waals surface area contributed by atoms with E-state index >= 15 is 0 Å². The van der Waals surface area contributed by atoms with Crippen molar-refractivity contribution in [3.05, 3.63) is 0 Å². The summed E-state index contributed by atoms with van der Waals surface area (Å²) >= 11 is 0. The number of carbonyl (C=O) groups excluding carboxylic acids is 1. The Morgan fingerprint density at radius 2 is 1.85 bits per heavy atom. The van der Waals surface area contributed by atoms with Gasteiger partial charge in [0.05, 0.1) is 0 Å². The van der Waals surface area contributed by atoms with Gasteiger partial charge in [-0.25, -0.2) is 4.79 Å². The van der Waals surface area contributed by atoms with Crippen LogP contribution in [0.25, 0.3) is 0 Å². The number of likely N-dealkylation sites (tertiary alicyclic amines) is 2. The first kappa shape index (κ1) is 15.1. The van der Waals surface area contributed by atoms with Crippen molar-refractivity contribution in [2.24, 2.45) is 11.8 Å². The molecule has 2 unspecified atom stereocenters. The predicted molar refractivity (Wildman–Crippen MR) is 75.6 cm³/mol. The van der Waals surface area contributed by atoms with Crippen LogP contribution in [0.5, 0.6) is 0 Å². The van der Waals surface area contributed by atoms with Gasteiger partial charge in [-0.1, -0.05) is 0 Å². The van der Waals surface area contributed by atoms with Crippen LogP contribution in [-0.2, 0) is 4.79 Å². The fraction of sp³-hybridized carbons (Fsp3) is 0.857. The Bertz CT molecular complexity index is 360. The minimum absolute atomic E-state index is 0.0960. The number of rotatable bonds is 4. The first-order valence-corrected chi connectivity index (χ1v) is 7.50. The highest BCUT2D eigenvalue weighted by Crippen LogP contribution is 2.23. The molecular formula is C14H25N3O3. The molecule has 0 radical (unpaired) electrons. The monoisotopic (exact) mass is 283 g/mol. The highest BCUT2D eigenvalue weighted by molar-refractivity contribution is 5.75. The molecule has 0 aromatic heterocycles. The van der Waals surface area contributed by atoms with Gasteiger partial charge >= 0.3 is 12.0 Å². The van der Waals surface area contributed by atoms with E-state index in [9.17, 15) is 9.59 Å². The SMILES string of the molecule is CNCC1CCCN(C(=O)N2CCC(CC(=O)O)C2)C1. The molecule has 0 spiro atoms. The number of carboxylic acids is 1. The van der Waals surface area contributed by atoms with Crippen molar-refractivity contribution in [3.8, 4) is 0 Å². The smallest absolute Gasteiger partial charge is 0.320 e. The lowest BCUT2D eigenvalue weighted by atomic mass is 9.98. The fourth-order valence-electron chi connectivity index (χ4n) is 3.31. The maximum Gasteiger partial charge on any atom is 0.320 e. The Kier molecular flexibility index (Phi) is 5.23. The number of carboxylic acid groups (broad SMARTS) is 1. The molecule has 2 amide bonds. The molecule has 2 aliphatic rings. The zero-order chi connectivity index (χ0) is 14.5. The molecule has 20 heavy (non-hydrogen) atoms. The number of hydrogen-bond acceptors (Lipinski definition) is 3. The number of hydrogen-bond donors (Lipinski definition) is 2. The minimum atomic E-state index is -0.767. The Morgan fingerprint density at radius 3 is 2.55 bits per heavy atom. The number of piperidine rings is 1. The molecule has 2 saturated heterocycles. The van der Waals surface area contributed by atoms with Crippen molar-refractivity contribution in [2.45, 2.75) is 25.7 Å². The number of aliphatic carboxylic acids is 1. The number of carbonyl (C=O) groups is 2. The van der Waals surface area contributed by atoms with Crippen LogP contribution in [0.3, 0.4) is 0 Å². The largest absolute Gasteiger partial charge is 0.481 e. The van der Waals surface area contributed by atoms with Gasteiger partial charge in [0.15, 0.2) is 0 Å². The lowest BCUT2D eigenvalue weighted by Crippen LogP contribution is -2.48. The second kappa shape index (κ2) is 6.92. The quantitative estimate of drug-likeness (QED) is 0.802. The zero-order valence-electron chi connectivity index (χ0n) is 12.2. The summed E-state index contributed by atoms with van der Waals surface area (Å²) in [5.41, 5.74) is 0. The van der Waals surface area contributed by atoms with E-state index in [1.807, 2.05) is 16.8 Å². The molecule has 0 bridgehead atoms. The third kappa shape index (κ3) is 3.85. The minimum Gasteiger partial charge on any atom is -0.481 e. The Hall–Kier alpha value is -1.30. The number of nitrogens with one attached hydrogen (secondary N) is 1. The molecule has 0 saturated carbocycles. The molecule has 6 heteroatoms. The van der Waals surface area contributed by atoms with Gasteiger partial charge in [-0.05, 0) is 44.7 Å². The van der Waals surface area contributed by atoms with E-state index in [-0.39, 0.29) is 18.4 Å². The van der Waals surface area contributed by atoms with Crippen LogP contribution in [-0.4, -0.2) is 66.7 Å². The predicted octanol–water partition coefficient (Wildman–Crippen LogP) is 0.834. The highest BCUT2D eigenvalue weighted by atomic mass is 16.4. The van der Waals surface area contributed by atoms with Crippen molar-refractivity contribution in [1.29, 1.82) is 0 Å². The summed E-state index contributed by atoms with van der Waals surface area (Å²) < 4.78 is 0. The van der Waals surface area contributed by atoms with Gasteiger partial charge in [0, 0.05) is 32.6 Å². The van der Waals surface area contributed by atoms with Crippen molar-refractivity contribution in [2.75, 3.05) is 39.8 Å². The average Bonchev–Trinajstić information content (AvgIpc) is 2.86. The second-order valence-corrected chi connectivity index (χ2v) is 5.99. The number of urea groups is 1. The van der Waals surface area contributed by atoms with Gasteiger partial charge in [-0.2, -0.15) is 0 Å². The first-order valence-electron chi connectivity index (χ1n) is 7.50. The topological polar surface area (TPSA) is 72.9 Å². The molecule has 2 heterocycles. The van der Waals surface area contributed by atoms with E-state index in [0.29, 0.717) is 19.0 Å². The third-order valence-corrected chi connectivity index (χ3v) is 4.30. The highest BCUT2D eigenvalue weighted by Gasteiger charge is 2.32. The number of nitrogens with zero attached hydrogens (tertiary/aromatic N) is 2. The molecule has 2 atom stereocenters. The first-order chi connectivity index (χ1) is 9.60. The van der Waals surface area contributed by atoms with Gasteiger partial charge in [0.2, 0.25) is 0 Å². The van der Waals surface area contributed by atoms with E-state index in [1.165, 1.54) is 6.42 Å². The number of amides is 2. The Morgan fingerprint density at radius 1 is 1.15 bits per heavy atom. The average molecular weight is 283 g/mol. The molecule has 0 aromatic rings. The fourth-order valence-corrected chi connectivity index (χ4v) is 3.31. The standard InChI is InChI=1S/C14H25N3O3/c1-15-8-12-3-2-5-16(10-12)14(20)17-6-4-11(9-17)7-13(18)19/h11-12,15H,2-10H2,1H3,(H,18,19). The molecule has 2 N–H and O–H groups in total.